The van der Waals surface area contributed by atoms with Gasteiger partial charge in [-0.3, -0.25) is 34.2 Å². The van der Waals surface area contributed by atoms with Crippen LogP contribution in [-0.2, 0) is 14.3 Å². The van der Waals surface area contributed by atoms with Gasteiger partial charge in [-0.2, -0.15) is 0 Å². The Hall–Kier alpha value is -4.08. The molecule has 0 aromatic heterocycles. The Balaban J connectivity index is 1.81. The summed E-state index contributed by atoms with van der Waals surface area (Å²) in [6.45, 7) is 2.71. The molecule has 3 amide bonds. The maximum absolute atomic E-state index is 12.7. The Bertz CT molecular complexity index is 1060. The maximum Gasteiger partial charge on any atom is 0.308 e. The Morgan fingerprint density at radius 3 is 2.16 bits per heavy atom. The van der Waals surface area contributed by atoms with Crippen molar-refractivity contribution >= 4 is 29.4 Å². The van der Waals surface area contributed by atoms with Crippen molar-refractivity contribution in [3.05, 3.63) is 75.3 Å². The van der Waals surface area contributed by atoms with Crippen molar-refractivity contribution < 1.29 is 28.8 Å². The van der Waals surface area contributed by atoms with Crippen LogP contribution in [0.3, 0.4) is 0 Å². The van der Waals surface area contributed by atoms with Crippen molar-refractivity contribution in [2.75, 3.05) is 6.54 Å². The lowest BCUT2D eigenvalue weighted by atomic mass is 10.0. The van der Waals surface area contributed by atoms with E-state index in [1.54, 1.807) is 32.0 Å². The number of para-hydroxylation sites is 1. The third kappa shape index (κ3) is 4.80. The van der Waals surface area contributed by atoms with E-state index in [-0.39, 0.29) is 28.8 Å². The number of imide groups is 1. The smallest absolute Gasteiger partial charge is 0.308 e. The summed E-state index contributed by atoms with van der Waals surface area (Å²) in [6.07, 6.45) is -0.778. The summed E-state index contributed by atoms with van der Waals surface area (Å²) in [5.41, 5.74) is 0.215. The van der Waals surface area contributed by atoms with E-state index < -0.39 is 47.3 Å². The highest BCUT2D eigenvalue weighted by molar-refractivity contribution is 6.22. The first-order valence-electron chi connectivity index (χ1n) is 9.86. The number of nitrogens with zero attached hydrogens (tertiary/aromatic N) is 2. The first-order valence-corrected chi connectivity index (χ1v) is 9.86. The molecule has 32 heavy (non-hydrogen) atoms. The molecule has 1 aliphatic heterocycles. The van der Waals surface area contributed by atoms with Gasteiger partial charge in [-0.1, -0.05) is 30.3 Å². The highest BCUT2D eigenvalue weighted by Gasteiger charge is 2.37. The summed E-state index contributed by atoms with van der Waals surface area (Å²) < 4.78 is 5.12. The van der Waals surface area contributed by atoms with Crippen LogP contribution in [0.4, 0.5) is 5.69 Å². The zero-order chi connectivity index (χ0) is 23.4. The number of rotatable bonds is 8. The average Bonchev–Trinajstić information content (AvgIpc) is 2.97. The molecule has 1 atom stereocenters. The van der Waals surface area contributed by atoms with E-state index >= 15 is 0 Å². The van der Waals surface area contributed by atoms with E-state index in [0.717, 1.165) is 4.90 Å². The Kier molecular flexibility index (Phi) is 6.62. The van der Waals surface area contributed by atoms with Gasteiger partial charge in [0, 0.05) is 6.07 Å². The van der Waals surface area contributed by atoms with Crippen LogP contribution in [0.1, 0.15) is 52.6 Å². The molecular formula is C22H21N3O7. The molecule has 1 N–H and O–H groups in total. The largest absolute Gasteiger partial charge is 0.463 e. The van der Waals surface area contributed by atoms with Gasteiger partial charge in [0.15, 0.2) is 0 Å². The molecule has 2 aromatic carbocycles. The molecule has 0 saturated carbocycles. The van der Waals surface area contributed by atoms with Gasteiger partial charge in [0.25, 0.3) is 17.5 Å². The van der Waals surface area contributed by atoms with Crippen LogP contribution >= 0.6 is 0 Å². The minimum Gasteiger partial charge on any atom is -0.463 e. The molecule has 0 aliphatic carbocycles. The van der Waals surface area contributed by atoms with Crippen LogP contribution in [0.15, 0.2) is 48.5 Å². The number of nitrogens with one attached hydrogen (secondary N) is 1. The van der Waals surface area contributed by atoms with Crippen molar-refractivity contribution in [1.82, 2.24) is 10.2 Å². The zero-order valence-corrected chi connectivity index (χ0v) is 17.4. The van der Waals surface area contributed by atoms with E-state index in [2.05, 4.69) is 5.32 Å². The van der Waals surface area contributed by atoms with Crippen molar-refractivity contribution in [2.24, 2.45) is 0 Å². The minimum absolute atomic E-state index is 0.105. The van der Waals surface area contributed by atoms with E-state index in [9.17, 15) is 29.3 Å². The van der Waals surface area contributed by atoms with E-state index in [0.29, 0.717) is 0 Å². The molecule has 0 saturated heterocycles. The highest BCUT2D eigenvalue weighted by atomic mass is 16.6. The maximum atomic E-state index is 12.7. The van der Waals surface area contributed by atoms with Crippen LogP contribution in [0.2, 0.25) is 0 Å². The number of ether oxygens (including phenoxy) is 1. The molecular weight excluding hydrogens is 418 g/mol. The van der Waals surface area contributed by atoms with E-state index in [1.807, 2.05) is 0 Å². The van der Waals surface area contributed by atoms with Gasteiger partial charge < -0.3 is 10.1 Å². The van der Waals surface area contributed by atoms with Crippen LogP contribution < -0.4 is 5.32 Å². The molecule has 0 spiro atoms. The number of nitro groups is 1. The second-order valence-electron chi connectivity index (χ2n) is 7.42. The molecule has 1 heterocycles. The fraction of sp³-hybridized carbons (Fsp3) is 0.273. The Labute approximate surface area is 183 Å². The summed E-state index contributed by atoms with van der Waals surface area (Å²) in [6, 6.07) is 10.8. The van der Waals surface area contributed by atoms with E-state index in [4.69, 9.17) is 4.74 Å². The second-order valence-corrected chi connectivity index (χ2v) is 7.42. The quantitative estimate of drug-likeness (QED) is 0.289. The van der Waals surface area contributed by atoms with Gasteiger partial charge in [-0.05, 0) is 26.0 Å². The number of esters is 1. The van der Waals surface area contributed by atoms with Gasteiger partial charge in [0.1, 0.15) is 6.54 Å². The monoisotopic (exact) mass is 439 g/mol. The molecule has 1 unspecified atom stereocenters. The van der Waals surface area contributed by atoms with Crippen LogP contribution in [0.5, 0.6) is 0 Å². The normalized spacial score (nSPS) is 13.7. The molecule has 166 valence electrons. The fourth-order valence-electron chi connectivity index (χ4n) is 3.43. The third-order valence-electron chi connectivity index (χ3n) is 4.76. The molecule has 10 nitrogen and oxygen atoms in total. The number of hydrogen-bond acceptors (Lipinski definition) is 7. The predicted octanol–water partition coefficient (Wildman–Crippen LogP) is 2.39. The summed E-state index contributed by atoms with van der Waals surface area (Å²) in [5, 5.41) is 14.0. The summed E-state index contributed by atoms with van der Waals surface area (Å²) >= 11 is 0. The molecule has 0 bridgehead atoms. The molecule has 0 fully saturated rings. The minimum atomic E-state index is -1.09. The van der Waals surface area contributed by atoms with Crippen LogP contribution in [-0.4, -0.2) is 46.2 Å². The standard InChI is InChI=1S/C22H21N3O7/c1-13(2)32-20(27)11-17(16-9-5-6-10-18(16)25(30)31)23-19(26)12-24-21(28)14-7-3-4-8-15(14)22(24)29/h3-10,13,17H,11-12H2,1-2H3,(H,23,26). The molecule has 10 heteroatoms. The zero-order valence-electron chi connectivity index (χ0n) is 17.4. The topological polar surface area (TPSA) is 136 Å². The molecule has 2 aromatic rings. The molecule has 3 rings (SSSR count). The van der Waals surface area contributed by atoms with Crippen LogP contribution in [0.25, 0.3) is 0 Å². The third-order valence-corrected chi connectivity index (χ3v) is 4.76. The van der Waals surface area contributed by atoms with Crippen molar-refractivity contribution in [1.29, 1.82) is 0 Å². The number of amides is 3. The average molecular weight is 439 g/mol. The van der Waals surface area contributed by atoms with Gasteiger partial charge in [-0.25, -0.2) is 0 Å². The van der Waals surface area contributed by atoms with Crippen molar-refractivity contribution in [3.63, 3.8) is 0 Å². The van der Waals surface area contributed by atoms with E-state index in [1.165, 1.54) is 30.3 Å². The van der Waals surface area contributed by atoms with Crippen LogP contribution in [0, 0.1) is 10.1 Å². The molecule has 0 radical (unpaired) electrons. The lowest BCUT2D eigenvalue weighted by Gasteiger charge is -2.21. The summed E-state index contributed by atoms with van der Waals surface area (Å²) in [5.74, 6) is -2.63. The second kappa shape index (κ2) is 9.38. The fourth-order valence-corrected chi connectivity index (χ4v) is 3.43. The predicted molar refractivity (Wildman–Crippen MR) is 112 cm³/mol. The SMILES string of the molecule is CC(C)OC(=O)CC(NC(=O)CN1C(=O)c2ccccc2C1=O)c1ccccc1[N+](=O)[O-]. The van der Waals surface area contributed by atoms with Crippen molar-refractivity contribution in [3.8, 4) is 0 Å². The summed E-state index contributed by atoms with van der Waals surface area (Å²) in [7, 11) is 0. The number of nitro benzene ring substituents is 1. The highest BCUT2D eigenvalue weighted by Crippen LogP contribution is 2.28. The number of carbonyl (C=O) groups is 4. The number of carbonyl (C=O) groups excluding carboxylic acids is 4. The first-order chi connectivity index (χ1) is 15.2. The Morgan fingerprint density at radius 2 is 1.59 bits per heavy atom. The number of benzene rings is 2. The van der Waals surface area contributed by atoms with Crippen molar-refractivity contribution in [2.45, 2.75) is 32.4 Å². The van der Waals surface area contributed by atoms with Gasteiger partial charge in [0.05, 0.1) is 40.2 Å². The lowest BCUT2D eigenvalue weighted by molar-refractivity contribution is -0.385. The Morgan fingerprint density at radius 1 is 1.03 bits per heavy atom. The number of fused-ring (bicyclic) bond motifs is 1. The number of hydrogen-bond donors (Lipinski definition) is 1. The van der Waals surface area contributed by atoms with Gasteiger partial charge in [0.2, 0.25) is 5.91 Å². The summed E-state index contributed by atoms with van der Waals surface area (Å²) in [4.78, 5) is 61.6. The van der Waals surface area contributed by atoms with Gasteiger partial charge in [-0.15, -0.1) is 0 Å². The lowest BCUT2D eigenvalue weighted by Crippen LogP contribution is -2.42. The molecule has 1 aliphatic rings. The first kappa shape index (κ1) is 22.6. The van der Waals surface area contributed by atoms with Gasteiger partial charge >= 0.3 is 5.97 Å².